The molecule has 1 aliphatic carbocycles. The van der Waals surface area contributed by atoms with Crippen LogP contribution in [0.5, 0.6) is 0 Å². The van der Waals surface area contributed by atoms with Crippen LogP contribution in [0.4, 0.5) is 26.4 Å². The highest BCUT2D eigenvalue weighted by Crippen LogP contribution is 2.38. The van der Waals surface area contributed by atoms with Crippen LogP contribution in [0.15, 0.2) is 48.7 Å². The van der Waals surface area contributed by atoms with Gasteiger partial charge in [0.15, 0.2) is 17.3 Å². The van der Waals surface area contributed by atoms with E-state index >= 15 is 0 Å². The number of rotatable bonds is 8. The van der Waals surface area contributed by atoms with Gasteiger partial charge in [-0.3, -0.25) is 14.3 Å². The summed E-state index contributed by atoms with van der Waals surface area (Å²) in [5.41, 5.74) is 7.52. The second kappa shape index (κ2) is 12.2. The molecule has 42 heavy (non-hydrogen) atoms. The SMILES string of the molecule is NC(=O)[C@H]1CC[C@@H](n2c(Nc3c(F)cc(Cl)cc3F)nc3cnc(N[C@@H]4CCCN(Cc5ccccc5)C4)nc32)CC1. The minimum atomic E-state index is -0.832. The highest BCUT2D eigenvalue weighted by atomic mass is 35.5. The summed E-state index contributed by atoms with van der Waals surface area (Å²) in [5, 5.41) is 6.31. The third-order valence-electron chi connectivity index (χ3n) is 8.23. The predicted molar refractivity (Wildman–Crippen MR) is 159 cm³/mol. The lowest BCUT2D eigenvalue weighted by Gasteiger charge is -2.33. The Morgan fingerprint density at radius 2 is 1.79 bits per heavy atom. The average molecular weight is 595 g/mol. The number of fused-ring (bicyclic) bond motifs is 1. The maximum Gasteiger partial charge on any atom is 0.225 e. The van der Waals surface area contributed by atoms with Crippen molar-refractivity contribution in [2.45, 2.75) is 57.2 Å². The molecule has 1 amide bonds. The van der Waals surface area contributed by atoms with E-state index in [4.69, 9.17) is 22.3 Å². The van der Waals surface area contributed by atoms with Crippen molar-refractivity contribution in [3.8, 4) is 0 Å². The molecular formula is C30H33ClF2N8O. The summed E-state index contributed by atoms with van der Waals surface area (Å²) in [5.74, 6) is -1.46. The zero-order chi connectivity index (χ0) is 29.2. The van der Waals surface area contributed by atoms with Crippen LogP contribution in [0.3, 0.4) is 0 Å². The van der Waals surface area contributed by atoms with E-state index in [1.165, 1.54) is 5.56 Å². The Morgan fingerprint density at radius 1 is 1.05 bits per heavy atom. The summed E-state index contributed by atoms with van der Waals surface area (Å²) >= 11 is 5.83. The molecule has 4 aromatic rings. The molecule has 6 rings (SSSR count). The van der Waals surface area contributed by atoms with Crippen LogP contribution in [-0.2, 0) is 11.3 Å². The molecule has 0 unspecified atom stereocenters. The zero-order valence-corrected chi connectivity index (χ0v) is 23.8. The van der Waals surface area contributed by atoms with E-state index < -0.39 is 11.6 Å². The molecule has 1 aliphatic heterocycles. The number of halogens is 3. The van der Waals surface area contributed by atoms with Crippen molar-refractivity contribution >= 4 is 46.3 Å². The molecule has 1 saturated heterocycles. The molecule has 2 fully saturated rings. The molecule has 0 spiro atoms. The number of amides is 1. The summed E-state index contributed by atoms with van der Waals surface area (Å²) in [6.07, 6.45) is 6.18. The molecule has 4 N–H and O–H groups in total. The Morgan fingerprint density at radius 3 is 2.50 bits per heavy atom. The highest BCUT2D eigenvalue weighted by Gasteiger charge is 2.30. The molecule has 9 nitrogen and oxygen atoms in total. The van der Waals surface area contributed by atoms with Gasteiger partial charge in [0.25, 0.3) is 0 Å². The molecule has 2 aliphatic rings. The number of nitrogens with two attached hydrogens (primary N) is 1. The normalized spacial score (nSPS) is 21.4. The van der Waals surface area contributed by atoms with Crippen molar-refractivity contribution < 1.29 is 13.6 Å². The number of imidazole rings is 1. The summed E-state index contributed by atoms with van der Waals surface area (Å²) in [6, 6.07) is 12.6. The molecule has 0 radical (unpaired) electrons. The number of nitrogens with zero attached hydrogens (tertiary/aromatic N) is 5. The van der Waals surface area contributed by atoms with Crippen molar-refractivity contribution in [3.63, 3.8) is 0 Å². The molecule has 2 aromatic heterocycles. The van der Waals surface area contributed by atoms with Crippen LogP contribution in [0.1, 0.15) is 50.1 Å². The first-order valence-electron chi connectivity index (χ1n) is 14.3. The van der Waals surface area contributed by atoms with Crippen LogP contribution in [0, 0.1) is 17.6 Å². The Labute approximate surface area is 247 Å². The molecule has 1 atom stereocenters. The van der Waals surface area contributed by atoms with Gasteiger partial charge in [0.2, 0.25) is 17.8 Å². The van der Waals surface area contributed by atoms with Crippen molar-refractivity contribution in [2.24, 2.45) is 11.7 Å². The summed E-state index contributed by atoms with van der Waals surface area (Å²) in [7, 11) is 0. The van der Waals surface area contributed by atoms with Gasteiger partial charge >= 0.3 is 0 Å². The van der Waals surface area contributed by atoms with Gasteiger partial charge < -0.3 is 16.4 Å². The van der Waals surface area contributed by atoms with E-state index in [1.807, 2.05) is 10.6 Å². The third-order valence-corrected chi connectivity index (χ3v) is 8.45. The maximum absolute atomic E-state index is 14.7. The predicted octanol–water partition coefficient (Wildman–Crippen LogP) is 5.79. The number of likely N-dealkylation sites (tertiary alicyclic amines) is 1. The molecule has 2 aromatic carbocycles. The summed E-state index contributed by atoms with van der Waals surface area (Å²) in [4.78, 5) is 28.2. The minimum Gasteiger partial charge on any atom is -0.369 e. The molecular weight excluding hydrogens is 562 g/mol. The standard InChI is InChI=1S/C30H33ClF2N8O/c31-20-13-23(32)26(24(33)14-20)38-30-37-25-15-35-29(39-28(25)41(30)22-10-8-19(9-11-22)27(34)42)36-21-7-4-12-40(17-21)16-18-5-2-1-3-6-18/h1-3,5-6,13-15,19,21-22H,4,7-12,16-17H2,(H2,34,42)(H,37,38)(H,35,36,39)/t19-,21-,22+/m1/s1. The summed E-state index contributed by atoms with van der Waals surface area (Å²) in [6.45, 7) is 2.77. The fourth-order valence-electron chi connectivity index (χ4n) is 6.13. The number of carbonyl (C=O) groups is 1. The fourth-order valence-corrected chi connectivity index (χ4v) is 6.32. The van der Waals surface area contributed by atoms with Crippen LogP contribution in [-0.4, -0.2) is 49.5 Å². The molecule has 0 bridgehead atoms. The second-order valence-electron chi connectivity index (χ2n) is 11.2. The molecule has 220 valence electrons. The van der Waals surface area contributed by atoms with Gasteiger partial charge in [0.05, 0.1) is 6.20 Å². The second-order valence-corrected chi connectivity index (χ2v) is 11.6. The number of benzene rings is 2. The highest BCUT2D eigenvalue weighted by molar-refractivity contribution is 6.30. The zero-order valence-electron chi connectivity index (χ0n) is 23.1. The van der Waals surface area contributed by atoms with Gasteiger partial charge in [-0.05, 0) is 62.8 Å². The Hall–Kier alpha value is -3.83. The first-order valence-corrected chi connectivity index (χ1v) is 14.7. The van der Waals surface area contributed by atoms with Gasteiger partial charge in [-0.15, -0.1) is 0 Å². The van der Waals surface area contributed by atoms with Crippen LogP contribution in [0.25, 0.3) is 11.2 Å². The van der Waals surface area contributed by atoms with Gasteiger partial charge in [-0.25, -0.2) is 18.7 Å². The molecule has 12 heteroatoms. The van der Waals surface area contributed by atoms with Gasteiger partial charge in [-0.1, -0.05) is 41.9 Å². The Kier molecular flexibility index (Phi) is 8.21. The lowest BCUT2D eigenvalue weighted by atomic mass is 9.85. The van der Waals surface area contributed by atoms with E-state index in [0.717, 1.165) is 44.6 Å². The van der Waals surface area contributed by atoms with Crippen LogP contribution in [0.2, 0.25) is 5.02 Å². The van der Waals surface area contributed by atoms with E-state index in [1.54, 1.807) is 6.20 Å². The van der Waals surface area contributed by atoms with E-state index in [-0.39, 0.29) is 40.6 Å². The number of primary amides is 1. The topological polar surface area (TPSA) is 114 Å². The van der Waals surface area contributed by atoms with Crippen molar-refractivity contribution in [2.75, 3.05) is 23.7 Å². The number of aromatic nitrogens is 4. The molecule has 1 saturated carbocycles. The lowest BCUT2D eigenvalue weighted by molar-refractivity contribution is -0.122. The maximum atomic E-state index is 14.7. The Bertz CT molecular complexity index is 1550. The summed E-state index contributed by atoms with van der Waals surface area (Å²) < 4.78 is 31.4. The Balaban J connectivity index is 1.28. The first-order chi connectivity index (χ1) is 20.3. The van der Waals surface area contributed by atoms with Crippen molar-refractivity contribution in [1.82, 2.24) is 24.4 Å². The van der Waals surface area contributed by atoms with E-state index in [2.05, 4.69) is 49.8 Å². The minimum absolute atomic E-state index is 0.0412. The first kappa shape index (κ1) is 28.3. The van der Waals surface area contributed by atoms with Crippen molar-refractivity contribution in [3.05, 3.63) is 70.9 Å². The number of carbonyl (C=O) groups excluding carboxylic acids is 1. The van der Waals surface area contributed by atoms with Crippen molar-refractivity contribution in [1.29, 1.82) is 0 Å². The van der Waals surface area contributed by atoms with Gasteiger partial charge in [-0.2, -0.15) is 4.98 Å². The number of piperidine rings is 1. The van der Waals surface area contributed by atoms with E-state index in [0.29, 0.717) is 42.8 Å². The number of nitrogens with one attached hydrogen (secondary N) is 2. The quantitative estimate of drug-likeness (QED) is 0.236. The van der Waals surface area contributed by atoms with E-state index in [9.17, 15) is 13.6 Å². The monoisotopic (exact) mass is 594 g/mol. The van der Waals surface area contributed by atoms with Crippen LogP contribution < -0.4 is 16.4 Å². The smallest absolute Gasteiger partial charge is 0.225 e. The molecule has 3 heterocycles. The average Bonchev–Trinajstić information content (AvgIpc) is 3.33. The fraction of sp³-hybridized carbons (Fsp3) is 0.400. The van der Waals surface area contributed by atoms with Crippen LogP contribution >= 0.6 is 11.6 Å². The number of hydrogen-bond acceptors (Lipinski definition) is 7. The number of hydrogen-bond donors (Lipinski definition) is 3. The third kappa shape index (κ3) is 6.17. The lowest BCUT2D eigenvalue weighted by Crippen LogP contribution is -2.41. The number of anilines is 3. The largest absolute Gasteiger partial charge is 0.369 e. The van der Waals surface area contributed by atoms with Gasteiger partial charge in [0.1, 0.15) is 11.2 Å². The van der Waals surface area contributed by atoms with Gasteiger partial charge in [0, 0.05) is 36.1 Å².